The van der Waals surface area contributed by atoms with E-state index in [2.05, 4.69) is 27.7 Å². The smallest absolute Gasteiger partial charge is 0.306 e. The molecule has 6 atom stereocenters. The lowest BCUT2D eigenvalue weighted by molar-refractivity contribution is -0.870. The van der Waals surface area contributed by atoms with Crippen LogP contribution in [0.4, 0.5) is 0 Å². The summed E-state index contributed by atoms with van der Waals surface area (Å²) in [6, 6.07) is 0. The Morgan fingerprint density at radius 2 is 1.42 bits per heavy atom. The van der Waals surface area contributed by atoms with E-state index in [1.165, 1.54) is 11.1 Å². The zero-order chi connectivity index (χ0) is 46.0. The molecule has 1 aliphatic carbocycles. The summed E-state index contributed by atoms with van der Waals surface area (Å²) in [7, 11) is 1.01. The number of unbranched alkanes of at least 4 members (excludes halogenated alkanes) is 12. The predicted octanol–water partition coefficient (Wildman–Crippen LogP) is 8.97. The molecule has 2 N–H and O–H groups in total. The van der Waals surface area contributed by atoms with Gasteiger partial charge in [-0.05, 0) is 63.5 Å². The third kappa shape index (κ3) is 24.1. The molecule has 0 spiro atoms. The van der Waals surface area contributed by atoms with Crippen molar-refractivity contribution in [3.05, 3.63) is 34.8 Å². The van der Waals surface area contributed by atoms with Gasteiger partial charge in [0.1, 0.15) is 37.1 Å². The Labute approximate surface area is 373 Å². The maximum Gasteiger partial charge on any atom is 0.306 e. The van der Waals surface area contributed by atoms with Gasteiger partial charge in [-0.2, -0.15) is 0 Å². The fourth-order valence-electron chi connectivity index (χ4n) is 7.83. The number of likely N-dealkylation sites (N-methyl/N-ethyl adjacent to an activating group) is 1. The average molecular weight is 898 g/mol. The highest BCUT2D eigenvalue weighted by Crippen LogP contribution is 2.38. The molecular formula is C48H84NO12P. The second-order valence-electron chi connectivity index (χ2n) is 18.5. The molecule has 1 aliphatic rings. The highest BCUT2D eigenvalue weighted by molar-refractivity contribution is 7.45. The van der Waals surface area contributed by atoms with E-state index in [4.69, 9.17) is 22.9 Å². The van der Waals surface area contributed by atoms with E-state index in [9.17, 15) is 34.1 Å². The first-order valence-electron chi connectivity index (χ1n) is 23.9. The van der Waals surface area contributed by atoms with Crippen LogP contribution < -0.4 is 4.89 Å². The number of quaternary nitrogens is 1. The molecule has 1 saturated carbocycles. The molecule has 0 saturated heterocycles. The molecule has 358 valence electrons. The Bertz CT molecular complexity index is 1500. The van der Waals surface area contributed by atoms with Crippen molar-refractivity contribution in [1.82, 2.24) is 0 Å². The van der Waals surface area contributed by atoms with E-state index in [0.717, 1.165) is 114 Å². The normalized spacial score (nSPS) is 18.9. The number of aliphatic hydroxyl groups excluding tert-OH is 2. The molecule has 13 nitrogen and oxygen atoms in total. The summed E-state index contributed by atoms with van der Waals surface area (Å²) in [5.74, 6) is 0.710. The second kappa shape index (κ2) is 30.7. The van der Waals surface area contributed by atoms with E-state index in [-0.39, 0.29) is 50.1 Å². The van der Waals surface area contributed by atoms with Crippen molar-refractivity contribution in [2.75, 3.05) is 47.5 Å². The maximum absolute atomic E-state index is 12.8. The lowest BCUT2D eigenvalue weighted by atomic mass is 9.88. The number of esters is 2. The van der Waals surface area contributed by atoms with Crippen molar-refractivity contribution in [2.45, 2.75) is 194 Å². The zero-order valence-corrected chi connectivity index (χ0v) is 40.4. The number of phosphoric ester groups is 1. The fourth-order valence-corrected chi connectivity index (χ4v) is 8.56. The minimum Gasteiger partial charge on any atom is -0.756 e. The van der Waals surface area contributed by atoms with Crippen LogP contribution >= 0.6 is 7.82 Å². The summed E-state index contributed by atoms with van der Waals surface area (Å²) >= 11 is 0. The van der Waals surface area contributed by atoms with Gasteiger partial charge in [0.05, 0.1) is 40.0 Å². The third-order valence-electron chi connectivity index (χ3n) is 11.9. The molecule has 1 fully saturated rings. The standard InChI is InChI=1S/C48H84NO12P/c1-8-10-19-25-39(50)30-31-42-41(43(51)34-44(42)52)26-20-17-18-22-28-47(53)57-35-40(36-59-62(55,56)58-33-32-49(5,6)7)60-48(54)29-23-16-14-12-11-13-15-21-27-46-38(4)37(3)45(61-46)24-9-2/h30-31,39-42,44,50,52H,8-29,32-36H2,1-7H3/b31-30+/t39-,40+,41+,42+,44+/m0/s1. The van der Waals surface area contributed by atoms with Crippen LogP contribution in [0.15, 0.2) is 16.6 Å². The number of Topliss-reactive ketones (excluding diaryl/α,β-unsaturated/α-hetero) is 1. The SMILES string of the molecule is CCCCC[C@H](O)/C=C/[C@H]1[C@H](O)CC(=O)[C@@H]1CCCCCCC(=O)OC[C@H](COP(=O)([O-])OCC[N+](C)(C)C)OC(=O)CCCCCCCCCCc1oc(CCC)c(C)c1C. The molecule has 1 unspecified atom stereocenters. The lowest BCUT2D eigenvalue weighted by Gasteiger charge is -2.28. The van der Waals surface area contributed by atoms with E-state index >= 15 is 0 Å². The maximum atomic E-state index is 12.8. The highest BCUT2D eigenvalue weighted by atomic mass is 31.2. The van der Waals surface area contributed by atoms with Gasteiger partial charge in [-0.25, -0.2) is 0 Å². The minimum absolute atomic E-state index is 0.0457. The number of hydrogen-bond donors (Lipinski definition) is 2. The predicted molar refractivity (Wildman–Crippen MR) is 240 cm³/mol. The number of rotatable bonds is 36. The largest absolute Gasteiger partial charge is 0.756 e. The van der Waals surface area contributed by atoms with E-state index in [1.54, 1.807) is 6.08 Å². The number of aliphatic hydroxyl groups is 2. The Morgan fingerprint density at radius 1 is 0.823 bits per heavy atom. The molecule has 0 radical (unpaired) electrons. The quantitative estimate of drug-likeness (QED) is 0.0215. The molecule has 1 aromatic rings. The van der Waals surface area contributed by atoms with Crippen LogP contribution in [0, 0.1) is 25.7 Å². The number of aryl methyl sites for hydroxylation is 2. The number of nitrogens with zero attached hydrogens (tertiary/aromatic N) is 1. The minimum atomic E-state index is -4.70. The molecule has 0 amide bonds. The summed E-state index contributed by atoms with van der Waals surface area (Å²) in [6.45, 7) is 8.06. The molecule has 2 rings (SSSR count). The lowest BCUT2D eigenvalue weighted by Crippen LogP contribution is -2.37. The van der Waals surface area contributed by atoms with Crippen molar-refractivity contribution in [1.29, 1.82) is 0 Å². The first-order valence-corrected chi connectivity index (χ1v) is 25.3. The monoisotopic (exact) mass is 898 g/mol. The van der Waals surface area contributed by atoms with Crippen LogP contribution in [0.2, 0.25) is 0 Å². The van der Waals surface area contributed by atoms with Crippen LogP contribution in [0.1, 0.15) is 171 Å². The number of ether oxygens (including phenoxy) is 2. The molecule has 0 aromatic carbocycles. The molecule has 1 heterocycles. The molecule has 0 bridgehead atoms. The van der Waals surface area contributed by atoms with Gasteiger partial charge in [0.15, 0.2) is 6.10 Å². The Balaban J connectivity index is 1.72. The van der Waals surface area contributed by atoms with Gasteiger partial charge in [-0.3, -0.25) is 18.9 Å². The number of ketones is 1. The van der Waals surface area contributed by atoms with Gasteiger partial charge in [0, 0.05) is 43.9 Å². The van der Waals surface area contributed by atoms with Crippen molar-refractivity contribution < 1.29 is 61.5 Å². The summed E-state index contributed by atoms with van der Waals surface area (Å²) in [4.78, 5) is 50.5. The van der Waals surface area contributed by atoms with Gasteiger partial charge < -0.3 is 42.5 Å². The molecule has 1 aromatic heterocycles. The van der Waals surface area contributed by atoms with E-state index in [0.29, 0.717) is 36.7 Å². The molecular weight excluding hydrogens is 813 g/mol. The molecule has 0 aliphatic heterocycles. The third-order valence-corrected chi connectivity index (χ3v) is 12.8. The number of furan rings is 1. The van der Waals surface area contributed by atoms with E-state index in [1.807, 2.05) is 27.2 Å². The van der Waals surface area contributed by atoms with Gasteiger partial charge in [-0.1, -0.05) is 103 Å². The summed E-state index contributed by atoms with van der Waals surface area (Å²) in [5.41, 5.74) is 2.59. The van der Waals surface area contributed by atoms with Crippen LogP contribution in [-0.2, 0) is 50.3 Å². The highest BCUT2D eigenvalue weighted by Gasteiger charge is 2.39. The Morgan fingerprint density at radius 3 is 2.05 bits per heavy atom. The second-order valence-corrected chi connectivity index (χ2v) is 19.9. The summed E-state index contributed by atoms with van der Waals surface area (Å²) < 4.78 is 40.1. The van der Waals surface area contributed by atoms with Gasteiger partial charge in [-0.15, -0.1) is 0 Å². The first kappa shape index (κ1) is 55.8. The Hall–Kier alpha value is -2.38. The van der Waals surface area contributed by atoms with Crippen LogP contribution in [-0.4, -0.2) is 98.2 Å². The van der Waals surface area contributed by atoms with Crippen molar-refractivity contribution in [2.24, 2.45) is 11.8 Å². The van der Waals surface area contributed by atoms with Crippen molar-refractivity contribution >= 4 is 25.5 Å². The van der Waals surface area contributed by atoms with Crippen molar-refractivity contribution in [3.8, 4) is 0 Å². The van der Waals surface area contributed by atoms with Crippen LogP contribution in [0.25, 0.3) is 0 Å². The van der Waals surface area contributed by atoms with Gasteiger partial charge >= 0.3 is 11.9 Å². The summed E-state index contributed by atoms with van der Waals surface area (Å²) in [5, 5.41) is 20.8. The fraction of sp³-hybridized carbons (Fsp3) is 0.812. The average Bonchev–Trinajstić information content (AvgIpc) is 3.63. The molecule has 62 heavy (non-hydrogen) atoms. The van der Waals surface area contributed by atoms with Gasteiger partial charge in [0.25, 0.3) is 7.82 Å². The number of hydrogen-bond acceptors (Lipinski definition) is 12. The summed E-state index contributed by atoms with van der Waals surface area (Å²) in [6.07, 6.45) is 19.9. The number of phosphoric acid groups is 1. The number of carbonyl (C=O) groups is 3. The topological polar surface area (TPSA) is 182 Å². The van der Waals surface area contributed by atoms with Crippen LogP contribution in [0.3, 0.4) is 0 Å². The zero-order valence-electron chi connectivity index (χ0n) is 39.5. The van der Waals surface area contributed by atoms with Gasteiger partial charge in [0.2, 0.25) is 0 Å². The van der Waals surface area contributed by atoms with E-state index < -0.39 is 44.7 Å². The Kier molecular flexibility index (Phi) is 27.6. The van der Waals surface area contributed by atoms with Crippen molar-refractivity contribution in [3.63, 3.8) is 0 Å². The van der Waals surface area contributed by atoms with Crippen LogP contribution in [0.5, 0.6) is 0 Å². The number of carbonyl (C=O) groups excluding carboxylic acids is 3. The molecule has 14 heteroatoms. The first-order chi connectivity index (χ1) is 29.5.